The number of aromatic nitrogens is 4. The Kier molecular flexibility index (Phi) is 5.50. The number of pyridine rings is 1. The molecule has 1 unspecified atom stereocenters. The molecule has 4 heterocycles. The van der Waals surface area contributed by atoms with E-state index in [0.717, 1.165) is 30.6 Å². The summed E-state index contributed by atoms with van der Waals surface area (Å²) in [6.07, 6.45) is 0. The Hall–Kier alpha value is -2.88. The van der Waals surface area contributed by atoms with Gasteiger partial charge in [0.15, 0.2) is 5.82 Å². The molecule has 8 nitrogen and oxygen atoms in total. The highest BCUT2D eigenvalue weighted by Gasteiger charge is 2.27. The third kappa shape index (κ3) is 3.55. The van der Waals surface area contributed by atoms with Gasteiger partial charge in [-0.3, -0.25) is 4.90 Å². The van der Waals surface area contributed by atoms with Gasteiger partial charge in [0.1, 0.15) is 5.82 Å². The van der Waals surface area contributed by atoms with Crippen molar-refractivity contribution in [3.63, 3.8) is 0 Å². The van der Waals surface area contributed by atoms with Crippen LogP contribution in [0.3, 0.4) is 0 Å². The lowest BCUT2D eigenvalue weighted by Gasteiger charge is -2.30. The van der Waals surface area contributed by atoms with E-state index in [1.807, 2.05) is 20.0 Å². The average molecular weight is 431 g/mol. The number of benzene rings is 1. The zero-order valence-electron chi connectivity index (χ0n) is 16.4. The molecular formula is C20H20ClFN6O2. The van der Waals surface area contributed by atoms with Crippen molar-refractivity contribution in [3.8, 4) is 22.7 Å². The van der Waals surface area contributed by atoms with Crippen molar-refractivity contribution in [1.29, 1.82) is 0 Å². The first-order valence-corrected chi connectivity index (χ1v) is 9.38. The van der Waals surface area contributed by atoms with Gasteiger partial charge in [0, 0.05) is 25.2 Å². The highest BCUT2D eigenvalue weighted by Crippen LogP contribution is 2.34. The summed E-state index contributed by atoms with van der Waals surface area (Å²) in [4.78, 5) is 11.4. The Labute approximate surface area is 177 Å². The molecule has 1 fully saturated rings. The maximum Gasteiger partial charge on any atom is 0.259 e. The first-order chi connectivity index (χ1) is 14.1. The molecule has 1 atom stereocenters. The molecule has 1 saturated heterocycles. The van der Waals surface area contributed by atoms with Crippen LogP contribution in [0.15, 0.2) is 39.4 Å². The van der Waals surface area contributed by atoms with Crippen LogP contribution in [0.1, 0.15) is 17.6 Å². The van der Waals surface area contributed by atoms with Crippen LogP contribution in [0.4, 0.5) is 4.39 Å². The van der Waals surface area contributed by atoms with E-state index < -0.39 is 0 Å². The van der Waals surface area contributed by atoms with E-state index in [4.69, 9.17) is 9.05 Å². The van der Waals surface area contributed by atoms with Gasteiger partial charge in [-0.2, -0.15) is 4.98 Å². The van der Waals surface area contributed by atoms with Gasteiger partial charge >= 0.3 is 0 Å². The molecule has 1 aromatic carbocycles. The van der Waals surface area contributed by atoms with Crippen LogP contribution in [-0.4, -0.2) is 51.9 Å². The quantitative estimate of drug-likeness (QED) is 0.528. The van der Waals surface area contributed by atoms with E-state index in [0.29, 0.717) is 34.4 Å². The fraction of sp³-hybridized carbons (Fsp3) is 0.300. The van der Waals surface area contributed by atoms with Crippen LogP contribution < -0.4 is 5.32 Å². The Balaban J connectivity index is 0.00000218. The van der Waals surface area contributed by atoms with Crippen LogP contribution >= 0.6 is 12.4 Å². The Morgan fingerprint density at radius 1 is 1.13 bits per heavy atom. The number of hydrogen-bond donors (Lipinski definition) is 1. The molecule has 0 bridgehead atoms. The van der Waals surface area contributed by atoms with Crippen LogP contribution in [0.5, 0.6) is 0 Å². The summed E-state index contributed by atoms with van der Waals surface area (Å²) in [6.45, 7) is 4.44. The summed E-state index contributed by atoms with van der Waals surface area (Å²) >= 11 is 0. The largest absolute Gasteiger partial charge is 0.335 e. The second kappa shape index (κ2) is 8.10. The molecule has 0 amide bonds. The lowest BCUT2D eigenvalue weighted by atomic mass is 10.1. The number of nitrogens with zero attached hydrogens (tertiary/aromatic N) is 5. The SMILES string of the molecule is Cc1noc2nc(-c3ccc(F)cc3)cc(-c3nc(C4CNCCN4C)no3)c12.Cl. The predicted molar refractivity (Wildman–Crippen MR) is 111 cm³/mol. The number of aryl methyl sites for hydroxylation is 1. The molecule has 0 spiro atoms. The molecule has 3 aromatic heterocycles. The molecule has 10 heteroatoms. The molecule has 4 aromatic rings. The van der Waals surface area contributed by atoms with E-state index in [1.165, 1.54) is 12.1 Å². The van der Waals surface area contributed by atoms with E-state index in [1.54, 1.807) is 12.1 Å². The number of halogens is 2. The van der Waals surface area contributed by atoms with Gasteiger partial charge in [0.2, 0.25) is 0 Å². The van der Waals surface area contributed by atoms with E-state index >= 15 is 0 Å². The average Bonchev–Trinajstić information content (AvgIpc) is 3.36. The van der Waals surface area contributed by atoms with Crippen LogP contribution in [-0.2, 0) is 0 Å². The van der Waals surface area contributed by atoms with Gasteiger partial charge in [-0.15, -0.1) is 12.4 Å². The lowest BCUT2D eigenvalue weighted by molar-refractivity contribution is 0.190. The number of nitrogens with one attached hydrogen (secondary N) is 1. The highest BCUT2D eigenvalue weighted by atomic mass is 35.5. The molecule has 30 heavy (non-hydrogen) atoms. The summed E-state index contributed by atoms with van der Waals surface area (Å²) in [6, 6.07) is 8.00. The van der Waals surface area contributed by atoms with Gasteiger partial charge in [0.25, 0.3) is 11.6 Å². The fourth-order valence-corrected chi connectivity index (χ4v) is 3.61. The second-order valence-electron chi connectivity index (χ2n) is 7.17. The van der Waals surface area contributed by atoms with Crippen LogP contribution in [0, 0.1) is 12.7 Å². The summed E-state index contributed by atoms with van der Waals surface area (Å²) < 4.78 is 24.3. The minimum Gasteiger partial charge on any atom is -0.335 e. The van der Waals surface area contributed by atoms with Gasteiger partial charge in [-0.25, -0.2) is 9.37 Å². The molecule has 156 valence electrons. The molecule has 0 aliphatic carbocycles. The first-order valence-electron chi connectivity index (χ1n) is 9.38. The minimum atomic E-state index is -0.308. The van der Waals surface area contributed by atoms with Crippen molar-refractivity contribution in [2.75, 3.05) is 26.7 Å². The number of piperazine rings is 1. The third-order valence-corrected chi connectivity index (χ3v) is 5.24. The Morgan fingerprint density at radius 3 is 2.70 bits per heavy atom. The zero-order valence-corrected chi connectivity index (χ0v) is 17.2. The molecule has 1 N–H and O–H groups in total. The molecule has 1 aliphatic rings. The summed E-state index contributed by atoms with van der Waals surface area (Å²) in [5.41, 5.74) is 3.11. The summed E-state index contributed by atoms with van der Waals surface area (Å²) in [7, 11) is 2.04. The second-order valence-corrected chi connectivity index (χ2v) is 7.17. The summed E-state index contributed by atoms with van der Waals surface area (Å²) in [5.74, 6) is 0.690. The minimum absolute atomic E-state index is 0. The van der Waals surface area contributed by atoms with Crippen molar-refractivity contribution in [1.82, 2.24) is 30.5 Å². The fourth-order valence-electron chi connectivity index (χ4n) is 3.61. The molecular weight excluding hydrogens is 411 g/mol. The summed E-state index contributed by atoms with van der Waals surface area (Å²) in [5, 5.41) is 12.3. The maximum absolute atomic E-state index is 13.3. The first kappa shape index (κ1) is 20.4. The van der Waals surface area contributed by atoms with E-state index in [-0.39, 0.29) is 24.3 Å². The Bertz CT molecular complexity index is 1180. The number of rotatable bonds is 3. The normalized spacial score (nSPS) is 17.2. The van der Waals surface area contributed by atoms with Crippen molar-refractivity contribution in [3.05, 3.63) is 47.7 Å². The van der Waals surface area contributed by atoms with Crippen LogP contribution in [0.25, 0.3) is 33.8 Å². The number of fused-ring (bicyclic) bond motifs is 1. The topological polar surface area (TPSA) is 93.1 Å². The number of hydrogen-bond acceptors (Lipinski definition) is 8. The van der Waals surface area contributed by atoms with Crippen molar-refractivity contribution in [2.24, 2.45) is 0 Å². The molecule has 5 rings (SSSR count). The molecule has 0 saturated carbocycles. The highest BCUT2D eigenvalue weighted by molar-refractivity contribution is 5.93. The Morgan fingerprint density at radius 2 is 1.93 bits per heavy atom. The lowest BCUT2D eigenvalue weighted by Crippen LogP contribution is -2.44. The smallest absolute Gasteiger partial charge is 0.259 e. The zero-order chi connectivity index (χ0) is 20.0. The molecule has 1 aliphatic heterocycles. The standard InChI is InChI=1S/C20H19FN6O2.ClH/c1-11-17-14(19-24-18(26-28-19)16-10-22-7-8-27(16)2)9-15(23-20(17)29-25-11)12-3-5-13(21)6-4-12;/h3-6,9,16,22H,7-8,10H2,1-2H3;1H. The van der Waals surface area contributed by atoms with Crippen LogP contribution in [0.2, 0.25) is 0 Å². The monoisotopic (exact) mass is 430 g/mol. The van der Waals surface area contributed by atoms with E-state index in [9.17, 15) is 4.39 Å². The van der Waals surface area contributed by atoms with E-state index in [2.05, 4.69) is 30.5 Å². The van der Waals surface area contributed by atoms with Gasteiger partial charge in [-0.1, -0.05) is 10.3 Å². The van der Waals surface area contributed by atoms with Gasteiger partial charge < -0.3 is 14.4 Å². The van der Waals surface area contributed by atoms with Crippen molar-refractivity contribution in [2.45, 2.75) is 13.0 Å². The third-order valence-electron chi connectivity index (χ3n) is 5.24. The van der Waals surface area contributed by atoms with Crippen molar-refractivity contribution < 1.29 is 13.4 Å². The number of likely N-dealkylation sites (N-methyl/N-ethyl adjacent to an activating group) is 1. The van der Waals surface area contributed by atoms with Gasteiger partial charge in [-0.05, 0) is 44.3 Å². The predicted octanol–water partition coefficient (Wildman–Crippen LogP) is 3.39. The van der Waals surface area contributed by atoms with Crippen molar-refractivity contribution >= 4 is 23.5 Å². The van der Waals surface area contributed by atoms with Gasteiger partial charge in [0.05, 0.1) is 28.4 Å². The maximum atomic E-state index is 13.3. The molecule has 0 radical (unpaired) electrons.